The lowest BCUT2D eigenvalue weighted by atomic mass is 10.0. The van der Waals surface area contributed by atoms with Crippen LogP contribution in [0.1, 0.15) is 51.0 Å². The van der Waals surface area contributed by atoms with Crippen LogP contribution in [0.3, 0.4) is 0 Å². The molecule has 0 spiro atoms. The van der Waals surface area contributed by atoms with Crippen LogP contribution in [0.25, 0.3) is 0 Å². The van der Waals surface area contributed by atoms with Crippen LogP contribution in [0.15, 0.2) is 18.7 Å². The number of carbonyl (C=O) groups excluding carboxylic acids is 1. The van der Waals surface area contributed by atoms with E-state index in [4.69, 9.17) is 0 Å². The van der Waals surface area contributed by atoms with Gasteiger partial charge in [-0.2, -0.15) is 5.10 Å². The third-order valence-corrected chi connectivity index (χ3v) is 3.61. The Hall–Kier alpha value is -1.58. The van der Waals surface area contributed by atoms with Gasteiger partial charge in [0, 0.05) is 6.04 Å². The van der Waals surface area contributed by atoms with Crippen molar-refractivity contribution in [2.45, 2.75) is 52.2 Å². The predicted molar refractivity (Wildman–Crippen MR) is 71.2 cm³/mol. The van der Waals surface area contributed by atoms with Crippen LogP contribution in [0.5, 0.6) is 0 Å². The Kier molecular flexibility index (Phi) is 3.28. The molecule has 0 saturated carbocycles. The van der Waals surface area contributed by atoms with E-state index in [1.54, 1.807) is 0 Å². The lowest BCUT2D eigenvalue weighted by Crippen LogP contribution is -2.46. The fourth-order valence-electron chi connectivity index (χ4n) is 2.59. The lowest BCUT2D eigenvalue weighted by Gasteiger charge is -2.38. The number of hydrogen-bond donors (Lipinski definition) is 0. The first-order chi connectivity index (χ1) is 8.45. The fraction of sp³-hybridized carbons (Fsp3) is 0.571. The summed E-state index contributed by atoms with van der Waals surface area (Å²) < 4.78 is 2.04. The molecule has 0 aromatic carbocycles. The van der Waals surface area contributed by atoms with Crippen molar-refractivity contribution in [2.24, 2.45) is 0 Å². The van der Waals surface area contributed by atoms with E-state index in [9.17, 15) is 4.79 Å². The first-order valence-corrected chi connectivity index (χ1v) is 6.48. The zero-order valence-corrected chi connectivity index (χ0v) is 11.6. The number of rotatable bonds is 2. The average molecular weight is 247 g/mol. The highest BCUT2D eigenvalue weighted by Gasteiger charge is 2.33. The van der Waals surface area contributed by atoms with Crippen molar-refractivity contribution in [3.63, 3.8) is 0 Å². The molecule has 0 saturated heterocycles. The van der Waals surface area contributed by atoms with E-state index in [1.807, 2.05) is 9.58 Å². The second kappa shape index (κ2) is 4.59. The summed E-state index contributed by atoms with van der Waals surface area (Å²) in [6, 6.07) is 2.32. The van der Waals surface area contributed by atoms with Crippen molar-refractivity contribution in [1.29, 1.82) is 0 Å². The first kappa shape index (κ1) is 12.9. The molecule has 18 heavy (non-hydrogen) atoms. The number of amides is 1. The highest BCUT2D eigenvalue weighted by Crippen LogP contribution is 2.30. The molecule has 1 aromatic heterocycles. The SMILES string of the molecule is C=CC(=O)N1C(C)Cn2nc(C(C)C)cc2C1C. The molecular formula is C14H21N3O. The Morgan fingerprint density at radius 2 is 2.22 bits per heavy atom. The fourth-order valence-corrected chi connectivity index (χ4v) is 2.59. The van der Waals surface area contributed by atoms with Crippen molar-refractivity contribution in [2.75, 3.05) is 0 Å². The minimum Gasteiger partial charge on any atom is -0.326 e. The molecule has 4 heteroatoms. The van der Waals surface area contributed by atoms with Gasteiger partial charge in [0.15, 0.2) is 0 Å². The molecular weight excluding hydrogens is 226 g/mol. The summed E-state index contributed by atoms with van der Waals surface area (Å²) in [5.74, 6) is 0.405. The summed E-state index contributed by atoms with van der Waals surface area (Å²) in [7, 11) is 0. The number of aromatic nitrogens is 2. The van der Waals surface area contributed by atoms with Crippen LogP contribution < -0.4 is 0 Å². The Balaban J connectivity index is 2.39. The first-order valence-electron chi connectivity index (χ1n) is 6.48. The molecule has 2 heterocycles. The molecule has 98 valence electrons. The largest absolute Gasteiger partial charge is 0.326 e. The molecule has 1 amide bonds. The molecule has 1 aliphatic heterocycles. The summed E-state index contributed by atoms with van der Waals surface area (Å²) in [5.41, 5.74) is 2.21. The summed E-state index contributed by atoms with van der Waals surface area (Å²) in [5, 5.41) is 4.62. The predicted octanol–water partition coefficient (Wildman–Crippen LogP) is 2.48. The molecule has 0 fully saturated rings. The lowest BCUT2D eigenvalue weighted by molar-refractivity contribution is -0.131. The van der Waals surface area contributed by atoms with Gasteiger partial charge < -0.3 is 4.90 Å². The van der Waals surface area contributed by atoms with Crippen LogP contribution in [0.4, 0.5) is 0 Å². The normalized spacial score (nSPS) is 23.1. The molecule has 0 aliphatic carbocycles. The second-order valence-corrected chi connectivity index (χ2v) is 5.31. The van der Waals surface area contributed by atoms with Crippen LogP contribution in [0.2, 0.25) is 0 Å². The van der Waals surface area contributed by atoms with Gasteiger partial charge in [-0.15, -0.1) is 0 Å². The maximum atomic E-state index is 11.9. The monoisotopic (exact) mass is 247 g/mol. The summed E-state index contributed by atoms with van der Waals surface area (Å²) >= 11 is 0. The van der Waals surface area contributed by atoms with Gasteiger partial charge in [-0.3, -0.25) is 9.48 Å². The van der Waals surface area contributed by atoms with Crippen molar-refractivity contribution in [1.82, 2.24) is 14.7 Å². The van der Waals surface area contributed by atoms with Crippen molar-refractivity contribution < 1.29 is 4.79 Å². The van der Waals surface area contributed by atoms with Gasteiger partial charge in [0.25, 0.3) is 0 Å². The number of nitrogens with zero attached hydrogens (tertiary/aromatic N) is 3. The number of hydrogen-bond acceptors (Lipinski definition) is 2. The van der Waals surface area contributed by atoms with Crippen LogP contribution in [0, 0.1) is 0 Å². The molecule has 0 bridgehead atoms. The third kappa shape index (κ3) is 1.96. The summed E-state index contributed by atoms with van der Waals surface area (Å²) in [6.45, 7) is 12.7. The van der Waals surface area contributed by atoms with Crippen molar-refractivity contribution in [3.8, 4) is 0 Å². The molecule has 0 N–H and O–H groups in total. The Labute approximate surface area is 108 Å². The van der Waals surface area contributed by atoms with E-state index in [0.29, 0.717) is 5.92 Å². The highest BCUT2D eigenvalue weighted by molar-refractivity contribution is 5.87. The maximum absolute atomic E-state index is 11.9. The van der Waals surface area contributed by atoms with Gasteiger partial charge >= 0.3 is 0 Å². The zero-order chi connectivity index (χ0) is 13.4. The van der Waals surface area contributed by atoms with E-state index in [2.05, 4.69) is 45.4 Å². The highest BCUT2D eigenvalue weighted by atomic mass is 16.2. The molecule has 2 atom stereocenters. The minimum absolute atomic E-state index is 0.00598. The minimum atomic E-state index is -0.00598. The van der Waals surface area contributed by atoms with E-state index in [-0.39, 0.29) is 18.0 Å². The smallest absolute Gasteiger partial charge is 0.246 e. The Morgan fingerprint density at radius 1 is 1.56 bits per heavy atom. The van der Waals surface area contributed by atoms with Gasteiger partial charge in [0.1, 0.15) is 0 Å². The molecule has 1 aromatic rings. The van der Waals surface area contributed by atoms with Gasteiger partial charge in [-0.1, -0.05) is 20.4 Å². The molecule has 2 unspecified atom stereocenters. The van der Waals surface area contributed by atoms with Crippen LogP contribution in [-0.2, 0) is 11.3 Å². The number of carbonyl (C=O) groups is 1. The summed E-state index contributed by atoms with van der Waals surface area (Å²) in [6.07, 6.45) is 1.39. The van der Waals surface area contributed by atoms with Crippen LogP contribution in [-0.4, -0.2) is 26.6 Å². The van der Waals surface area contributed by atoms with E-state index in [1.165, 1.54) is 6.08 Å². The van der Waals surface area contributed by atoms with Crippen molar-refractivity contribution >= 4 is 5.91 Å². The molecule has 2 rings (SSSR count). The average Bonchev–Trinajstić information content (AvgIpc) is 2.72. The van der Waals surface area contributed by atoms with Crippen molar-refractivity contribution in [3.05, 3.63) is 30.1 Å². The van der Waals surface area contributed by atoms with E-state index < -0.39 is 0 Å². The van der Waals surface area contributed by atoms with Gasteiger partial charge in [-0.05, 0) is 31.9 Å². The quantitative estimate of drug-likeness (QED) is 0.753. The topological polar surface area (TPSA) is 38.1 Å². The van der Waals surface area contributed by atoms with Gasteiger partial charge in [0.05, 0.1) is 24.0 Å². The Morgan fingerprint density at radius 3 is 2.78 bits per heavy atom. The van der Waals surface area contributed by atoms with Crippen LogP contribution >= 0.6 is 0 Å². The maximum Gasteiger partial charge on any atom is 0.246 e. The van der Waals surface area contributed by atoms with E-state index in [0.717, 1.165) is 17.9 Å². The molecule has 0 radical (unpaired) electrons. The second-order valence-electron chi connectivity index (χ2n) is 5.31. The third-order valence-electron chi connectivity index (χ3n) is 3.61. The standard InChI is InChI=1S/C14H21N3O/c1-6-14(18)17-10(4)8-16-13(11(17)5)7-12(15-16)9(2)3/h6-7,9-11H,1,8H2,2-5H3. The molecule has 4 nitrogen and oxygen atoms in total. The van der Waals surface area contributed by atoms with E-state index >= 15 is 0 Å². The van der Waals surface area contributed by atoms with Gasteiger partial charge in [0.2, 0.25) is 5.91 Å². The van der Waals surface area contributed by atoms with Gasteiger partial charge in [-0.25, -0.2) is 0 Å². The molecule has 1 aliphatic rings. The Bertz CT molecular complexity index is 475. The number of fused-ring (bicyclic) bond motifs is 1. The summed E-state index contributed by atoms with van der Waals surface area (Å²) in [4.78, 5) is 13.8. The zero-order valence-electron chi connectivity index (χ0n) is 11.6.